The summed E-state index contributed by atoms with van der Waals surface area (Å²) in [4.78, 5) is 0. The van der Waals surface area contributed by atoms with Crippen molar-refractivity contribution in [2.75, 3.05) is 13.2 Å². The van der Waals surface area contributed by atoms with Crippen LogP contribution in [-0.4, -0.2) is 19.5 Å². The molecule has 3 heteroatoms. The van der Waals surface area contributed by atoms with E-state index in [2.05, 4.69) is 20.8 Å². The maximum absolute atomic E-state index is 6.00. The minimum absolute atomic E-state index is 0. The Morgan fingerprint density at radius 3 is 1.48 bits per heavy atom. The summed E-state index contributed by atoms with van der Waals surface area (Å²) in [6.45, 7) is 10.2. The van der Waals surface area contributed by atoms with Gasteiger partial charge in [-0.3, -0.25) is 0 Å². The predicted octanol–water partition coefficient (Wildman–Crippen LogP) is 4.47. The molecule has 0 fully saturated rings. The number of hydrogen-bond acceptors (Lipinski definition) is 2. The normalized spacial score (nSPS) is 11.0. The summed E-state index contributed by atoms with van der Waals surface area (Å²) in [5.41, 5.74) is 0. The third kappa shape index (κ3) is 22.5. The Balaban J connectivity index is 0. The summed E-state index contributed by atoms with van der Waals surface area (Å²) in [5.74, 6) is 0. The van der Waals surface area contributed by atoms with Gasteiger partial charge in [0.1, 0.15) is 0 Å². The minimum Gasteiger partial charge on any atom is -0.353 e. The fraction of sp³-hybridized carbons (Fsp3) is 0.955. The number of hydrogen-bond donors (Lipinski definition) is 0. The zero-order valence-electron chi connectivity index (χ0n) is 17.8. The Bertz CT molecular complexity index is 206. The van der Waals surface area contributed by atoms with Gasteiger partial charge in [-0.15, -0.1) is 0 Å². The molecule has 0 rings (SSSR count). The SMILES string of the molecule is [CH2-]CCCCC(OCCCCCCCC)OCCCCCCCC.[Li+]. The van der Waals surface area contributed by atoms with Crippen molar-refractivity contribution in [2.24, 2.45) is 0 Å². The van der Waals surface area contributed by atoms with E-state index in [9.17, 15) is 0 Å². The van der Waals surface area contributed by atoms with Crippen molar-refractivity contribution in [2.45, 2.75) is 123 Å². The summed E-state index contributed by atoms with van der Waals surface area (Å²) in [6, 6.07) is 0. The van der Waals surface area contributed by atoms with Gasteiger partial charge in [-0.05, 0) is 19.3 Å². The molecule has 0 N–H and O–H groups in total. The molecular weight excluding hydrogens is 303 g/mol. The number of unbranched alkanes of at least 4 members (excludes halogenated alkanes) is 12. The average molecular weight is 349 g/mol. The molecule has 2 nitrogen and oxygen atoms in total. The second kappa shape index (κ2) is 24.5. The Kier molecular flexibility index (Phi) is 27.2. The summed E-state index contributed by atoms with van der Waals surface area (Å²) >= 11 is 0. The maximum Gasteiger partial charge on any atom is 1.00 e. The van der Waals surface area contributed by atoms with Crippen LogP contribution in [0.25, 0.3) is 0 Å². The van der Waals surface area contributed by atoms with Crippen molar-refractivity contribution in [1.82, 2.24) is 0 Å². The van der Waals surface area contributed by atoms with Crippen molar-refractivity contribution in [1.29, 1.82) is 0 Å². The smallest absolute Gasteiger partial charge is 0.353 e. The van der Waals surface area contributed by atoms with Gasteiger partial charge in [0.25, 0.3) is 0 Å². The van der Waals surface area contributed by atoms with Crippen LogP contribution in [0.3, 0.4) is 0 Å². The summed E-state index contributed by atoms with van der Waals surface area (Å²) < 4.78 is 12.0. The van der Waals surface area contributed by atoms with E-state index in [1.54, 1.807) is 0 Å². The van der Waals surface area contributed by atoms with E-state index in [-0.39, 0.29) is 25.2 Å². The van der Waals surface area contributed by atoms with E-state index < -0.39 is 0 Å². The first kappa shape index (κ1) is 27.7. The van der Waals surface area contributed by atoms with Crippen LogP contribution >= 0.6 is 0 Å². The van der Waals surface area contributed by atoms with E-state index in [1.807, 2.05) is 0 Å². The maximum atomic E-state index is 6.00. The second-order valence-corrected chi connectivity index (χ2v) is 7.06. The Morgan fingerprint density at radius 2 is 1.04 bits per heavy atom. The topological polar surface area (TPSA) is 18.5 Å². The van der Waals surface area contributed by atoms with Gasteiger partial charge in [-0.25, -0.2) is 0 Å². The van der Waals surface area contributed by atoms with Crippen LogP contribution in [0.4, 0.5) is 0 Å². The molecule has 0 saturated carbocycles. The zero-order valence-corrected chi connectivity index (χ0v) is 17.8. The van der Waals surface area contributed by atoms with Gasteiger partial charge in [-0.2, -0.15) is 6.42 Å². The molecule has 0 saturated heterocycles. The van der Waals surface area contributed by atoms with E-state index >= 15 is 0 Å². The van der Waals surface area contributed by atoms with E-state index in [1.165, 1.54) is 89.9 Å². The first-order chi connectivity index (χ1) is 11.8. The molecule has 25 heavy (non-hydrogen) atoms. The number of ether oxygens (including phenoxy) is 2. The Labute approximate surface area is 171 Å². The minimum atomic E-state index is 0. The molecule has 0 aliphatic carbocycles. The molecule has 0 aromatic rings. The van der Waals surface area contributed by atoms with Gasteiger partial charge in [0.15, 0.2) is 6.29 Å². The van der Waals surface area contributed by atoms with Gasteiger partial charge < -0.3 is 16.4 Å². The molecule has 0 spiro atoms. The van der Waals surface area contributed by atoms with Gasteiger partial charge in [0.05, 0.1) is 0 Å². The fourth-order valence-electron chi connectivity index (χ4n) is 2.90. The second-order valence-electron chi connectivity index (χ2n) is 7.06. The molecule has 0 atom stereocenters. The van der Waals surface area contributed by atoms with Crippen molar-refractivity contribution < 1.29 is 28.3 Å². The molecule has 0 aliphatic heterocycles. The molecular formula is C22H45LiO2. The van der Waals surface area contributed by atoms with E-state index in [0.29, 0.717) is 0 Å². The summed E-state index contributed by atoms with van der Waals surface area (Å²) in [7, 11) is 0. The van der Waals surface area contributed by atoms with Gasteiger partial charge >= 0.3 is 18.9 Å². The fourth-order valence-corrected chi connectivity index (χ4v) is 2.90. The molecule has 0 aromatic heterocycles. The monoisotopic (exact) mass is 348 g/mol. The number of rotatable bonds is 20. The predicted molar refractivity (Wildman–Crippen MR) is 106 cm³/mol. The summed E-state index contributed by atoms with van der Waals surface area (Å²) in [5, 5.41) is 0. The van der Waals surface area contributed by atoms with Crippen molar-refractivity contribution in [3.8, 4) is 0 Å². The van der Waals surface area contributed by atoms with Crippen LogP contribution in [0.1, 0.15) is 117 Å². The van der Waals surface area contributed by atoms with E-state index in [0.717, 1.165) is 26.1 Å². The molecule has 0 radical (unpaired) electrons. The van der Waals surface area contributed by atoms with Gasteiger partial charge in [-0.1, -0.05) is 90.9 Å². The molecule has 0 unspecified atom stereocenters. The van der Waals surface area contributed by atoms with Gasteiger partial charge in [0.2, 0.25) is 0 Å². The van der Waals surface area contributed by atoms with Crippen LogP contribution in [0.5, 0.6) is 0 Å². The van der Waals surface area contributed by atoms with Crippen LogP contribution in [-0.2, 0) is 9.47 Å². The van der Waals surface area contributed by atoms with Crippen LogP contribution in [0, 0.1) is 6.92 Å². The van der Waals surface area contributed by atoms with Crippen LogP contribution in [0.2, 0.25) is 0 Å². The van der Waals surface area contributed by atoms with Crippen molar-refractivity contribution >= 4 is 0 Å². The first-order valence-corrected chi connectivity index (χ1v) is 10.9. The third-order valence-electron chi connectivity index (χ3n) is 4.54. The third-order valence-corrected chi connectivity index (χ3v) is 4.54. The van der Waals surface area contributed by atoms with E-state index in [4.69, 9.17) is 9.47 Å². The molecule has 0 amide bonds. The first-order valence-electron chi connectivity index (χ1n) is 10.9. The largest absolute Gasteiger partial charge is 1.00 e. The van der Waals surface area contributed by atoms with Crippen molar-refractivity contribution in [3.63, 3.8) is 0 Å². The molecule has 0 aliphatic rings. The molecule has 0 heterocycles. The van der Waals surface area contributed by atoms with Crippen LogP contribution in [0.15, 0.2) is 0 Å². The standard InChI is InChI=1S/C22H45O2.Li/c1-4-7-10-12-14-17-20-23-22(19-16-9-6-3)24-21-18-15-13-11-8-5-2;/h22H,3-21H2,1-2H3;/q-1;+1. The quantitative estimate of drug-likeness (QED) is 0.140. The Morgan fingerprint density at radius 1 is 0.600 bits per heavy atom. The summed E-state index contributed by atoms with van der Waals surface area (Å²) in [6.07, 6.45) is 20.2. The molecule has 0 bridgehead atoms. The molecule has 146 valence electrons. The van der Waals surface area contributed by atoms with Crippen LogP contribution < -0.4 is 18.9 Å². The zero-order chi connectivity index (χ0) is 17.7. The Hall–Kier alpha value is 0.517. The molecule has 0 aromatic carbocycles. The average Bonchev–Trinajstić information content (AvgIpc) is 2.59. The van der Waals surface area contributed by atoms with Gasteiger partial charge in [0, 0.05) is 13.2 Å². The van der Waals surface area contributed by atoms with Crippen molar-refractivity contribution in [3.05, 3.63) is 6.92 Å².